The van der Waals surface area contributed by atoms with Crippen molar-refractivity contribution in [2.75, 3.05) is 33.4 Å². The van der Waals surface area contributed by atoms with E-state index in [-0.39, 0.29) is 30.5 Å². The monoisotopic (exact) mass is 561 g/mol. The van der Waals surface area contributed by atoms with Crippen LogP contribution in [0.4, 0.5) is 0 Å². The zero-order valence-corrected chi connectivity index (χ0v) is 24.8. The van der Waals surface area contributed by atoms with E-state index in [9.17, 15) is 13.2 Å². The lowest BCUT2D eigenvalue weighted by atomic mass is 10.1. The van der Waals surface area contributed by atoms with Crippen molar-refractivity contribution in [3.63, 3.8) is 0 Å². The minimum atomic E-state index is -3.94. The van der Waals surface area contributed by atoms with Gasteiger partial charge in [0.05, 0.1) is 18.0 Å². The summed E-state index contributed by atoms with van der Waals surface area (Å²) in [6.07, 6.45) is 2.63. The molecular weight excluding hydrogens is 522 g/mol. The van der Waals surface area contributed by atoms with E-state index in [4.69, 9.17) is 4.74 Å². The number of amides is 1. The van der Waals surface area contributed by atoms with E-state index in [0.29, 0.717) is 30.6 Å². The fourth-order valence-corrected chi connectivity index (χ4v) is 7.02. The highest BCUT2D eigenvalue weighted by atomic mass is 32.2. The average molecular weight is 562 g/mol. The molecule has 1 heterocycles. The van der Waals surface area contributed by atoms with E-state index in [1.165, 1.54) is 11.4 Å². The van der Waals surface area contributed by atoms with Crippen LogP contribution in [0.25, 0.3) is 10.9 Å². The van der Waals surface area contributed by atoms with E-state index in [1.54, 1.807) is 18.7 Å². The maximum Gasteiger partial charge on any atom is 0.244 e. The number of hydrogen-bond acceptors (Lipinski definition) is 4. The topological polar surface area (TPSA) is 82.7 Å². The summed E-state index contributed by atoms with van der Waals surface area (Å²) in [4.78, 5) is 19.2. The fourth-order valence-electron chi connectivity index (χ4n) is 5.23. The Kier molecular flexibility index (Phi) is 9.45. The second-order valence-electron chi connectivity index (χ2n) is 10.5. The molecule has 0 bridgehead atoms. The summed E-state index contributed by atoms with van der Waals surface area (Å²) < 4.78 is 34.4. The maximum atomic E-state index is 13.9. The molecule has 8 heteroatoms. The first kappa shape index (κ1) is 29.5. The Hall–Kier alpha value is -3.46. The number of ether oxygens (including phenoxy) is 1. The predicted molar refractivity (Wildman–Crippen MR) is 160 cm³/mol. The van der Waals surface area contributed by atoms with E-state index >= 15 is 0 Å². The smallest absolute Gasteiger partial charge is 0.244 e. The van der Waals surface area contributed by atoms with Gasteiger partial charge in [0, 0.05) is 43.8 Å². The molecule has 4 aromatic rings. The summed E-state index contributed by atoms with van der Waals surface area (Å²) in [7, 11) is -2.42. The van der Waals surface area contributed by atoms with Crippen LogP contribution in [-0.4, -0.2) is 61.9 Å². The van der Waals surface area contributed by atoms with Crippen LogP contribution in [0.1, 0.15) is 33.4 Å². The normalized spacial score (nSPS) is 11.8. The summed E-state index contributed by atoms with van der Waals surface area (Å²) >= 11 is 0. The Balaban J connectivity index is 1.62. The Bertz CT molecular complexity index is 1550. The highest BCUT2D eigenvalue weighted by Crippen LogP contribution is 2.26. The third-order valence-electron chi connectivity index (χ3n) is 7.23. The molecule has 1 amide bonds. The first-order valence-corrected chi connectivity index (χ1v) is 15.0. The van der Waals surface area contributed by atoms with Crippen molar-refractivity contribution >= 4 is 26.8 Å². The van der Waals surface area contributed by atoms with Gasteiger partial charge in [-0.2, -0.15) is 4.31 Å². The molecule has 7 nitrogen and oxygen atoms in total. The van der Waals surface area contributed by atoms with Crippen molar-refractivity contribution in [1.82, 2.24) is 14.2 Å². The summed E-state index contributed by atoms with van der Waals surface area (Å²) in [5.74, 6) is -0.248. The Morgan fingerprint density at radius 1 is 0.900 bits per heavy atom. The number of hydrogen-bond donors (Lipinski definition) is 1. The minimum Gasteiger partial charge on any atom is -0.383 e. The summed E-state index contributed by atoms with van der Waals surface area (Å²) in [6, 6.07) is 19.9. The van der Waals surface area contributed by atoms with Crippen molar-refractivity contribution in [3.8, 4) is 0 Å². The molecule has 0 saturated carbocycles. The molecule has 3 aromatic carbocycles. The van der Waals surface area contributed by atoms with Gasteiger partial charge in [-0.25, -0.2) is 8.42 Å². The van der Waals surface area contributed by atoms with E-state index < -0.39 is 10.0 Å². The fraction of sp³-hybridized carbons (Fsp3) is 0.344. The van der Waals surface area contributed by atoms with E-state index in [2.05, 4.69) is 11.1 Å². The lowest BCUT2D eigenvalue weighted by Gasteiger charge is -2.28. The number of aromatic nitrogens is 1. The quantitative estimate of drug-likeness (QED) is 0.254. The maximum absolute atomic E-state index is 13.9. The Labute approximate surface area is 237 Å². The minimum absolute atomic E-state index is 0.0815. The van der Waals surface area contributed by atoms with Crippen LogP contribution in [0.5, 0.6) is 0 Å². The van der Waals surface area contributed by atoms with Crippen molar-refractivity contribution in [2.45, 2.75) is 45.6 Å². The Morgan fingerprint density at radius 3 is 2.25 bits per heavy atom. The predicted octanol–water partition coefficient (Wildman–Crippen LogP) is 5.31. The van der Waals surface area contributed by atoms with Gasteiger partial charge in [0.25, 0.3) is 0 Å². The molecule has 0 atom stereocenters. The SMILES string of the molecule is COCCN(CC(=O)N(CCc1c[nH]c2ccccc12)Cc1ccc(C)cc1)S(=O)(=O)c1c(C)cc(C)cc1C. The van der Waals surface area contributed by atoms with Gasteiger partial charge in [-0.1, -0.05) is 65.7 Å². The summed E-state index contributed by atoms with van der Waals surface area (Å²) in [6.45, 7) is 8.41. The van der Waals surface area contributed by atoms with Gasteiger partial charge in [-0.3, -0.25) is 4.79 Å². The number of aryl methyl sites for hydroxylation is 4. The molecule has 0 fully saturated rings. The molecule has 0 aliphatic carbocycles. The molecular formula is C32H39N3O4S. The molecule has 1 aromatic heterocycles. The van der Waals surface area contributed by atoms with Crippen LogP contribution < -0.4 is 0 Å². The number of carbonyl (C=O) groups is 1. The number of sulfonamides is 1. The highest BCUT2D eigenvalue weighted by Gasteiger charge is 2.31. The lowest BCUT2D eigenvalue weighted by molar-refractivity contribution is -0.132. The van der Waals surface area contributed by atoms with Gasteiger partial charge in [-0.05, 0) is 62.4 Å². The number of H-pyrrole nitrogens is 1. The van der Waals surface area contributed by atoms with Crippen LogP contribution in [-0.2, 0) is 32.5 Å². The van der Waals surface area contributed by atoms with Crippen molar-refractivity contribution in [3.05, 3.63) is 100 Å². The number of methoxy groups -OCH3 is 1. The first-order valence-electron chi connectivity index (χ1n) is 13.6. The number of benzene rings is 3. The molecule has 0 radical (unpaired) electrons. The van der Waals surface area contributed by atoms with Crippen LogP contribution in [0.15, 0.2) is 71.8 Å². The molecule has 0 unspecified atom stereocenters. The van der Waals surface area contributed by atoms with Crippen molar-refractivity contribution < 1.29 is 17.9 Å². The number of carbonyl (C=O) groups excluding carboxylic acids is 1. The molecule has 0 aliphatic rings. The van der Waals surface area contributed by atoms with Crippen LogP contribution in [0.2, 0.25) is 0 Å². The van der Waals surface area contributed by atoms with Crippen LogP contribution >= 0.6 is 0 Å². The van der Waals surface area contributed by atoms with Crippen molar-refractivity contribution in [1.29, 1.82) is 0 Å². The number of para-hydroxylation sites is 1. The van der Waals surface area contributed by atoms with Gasteiger partial charge in [-0.15, -0.1) is 0 Å². The largest absolute Gasteiger partial charge is 0.383 e. The number of aromatic amines is 1. The standard InChI is InChI=1S/C32H39N3O4S/c1-23-10-12-27(13-11-23)21-34(15-14-28-20-33-30-9-7-6-8-29(28)30)31(36)22-35(16-17-39-5)40(37,38)32-25(3)18-24(2)19-26(32)4/h6-13,18-20,33H,14-17,21-22H2,1-5H3. The molecule has 40 heavy (non-hydrogen) atoms. The van der Waals surface area contributed by atoms with E-state index in [1.807, 2.05) is 74.6 Å². The van der Waals surface area contributed by atoms with Gasteiger partial charge >= 0.3 is 0 Å². The highest BCUT2D eigenvalue weighted by molar-refractivity contribution is 7.89. The van der Waals surface area contributed by atoms with Gasteiger partial charge in [0.15, 0.2) is 0 Å². The third kappa shape index (κ3) is 6.81. The summed E-state index contributed by atoms with van der Waals surface area (Å²) in [5.41, 5.74) is 6.64. The number of fused-ring (bicyclic) bond motifs is 1. The van der Waals surface area contributed by atoms with Crippen LogP contribution in [0.3, 0.4) is 0 Å². The lowest BCUT2D eigenvalue weighted by Crippen LogP contribution is -2.44. The molecule has 0 spiro atoms. The molecule has 1 N–H and O–H groups in total. The number of nitrogens with zero attached hydrogens (tertiary/aromatic N) is 2. The average Bonchev–Trinajstić information content (AvgIpc) is 3.32. The molecule has 0 aliphatic heterocycles. The van der Waals surface area contributed by atoms with Gasteiger partial charge in [0.1, 0.15) is 0 Å². The van der Waals surface area contributed by atoms with Gasteiger partial charge in [0.2, 0.25) is 15.9 Å². The number of nitrogens with one attached hydrogen (secondary N) is 1. The Morgan fingerprint density at radius 2 is 1.57 bits per heavy atom. The zero-order valence-electron chi connectivity index (χ0n) is 24.0. The van der Waals surface area contributed by atoms with Crippen molar-refractivity contribution in [2.24, 2.45) is 0 Å². The van der Waals surface area contributed by atoms with Gasteiger partial charge < -0.3 is 14.6 Å². The van der Waals surface area contributed by atoms with Crippen LogP contribution in [0, 0.1) is 27.7 Å². The van der Waals surface area contributed by atoms with E-state index in [0.717, 1.165) is 33.2 Å². The molecule has 0 saturated heterocycles. The molecule has 4 rings (SSSR count). The second-order valence-corrected chi connectivity index (χ2v) is 12.3. The second kappa shape index (κ2) is 12.8. The molecule has 212 valence electrons. The first-order chi connectivity index (χ1) is 19.1. The zero-order chi connectivity index (χ0) is 28.9. The number of rotatable bonds is 12. The third-order valence-corrected chi connectivity index (χ3v) is 9.38. The summed E-state index contributed by atoms with van der Waals surface area (Å²) in [5, 5.41) is 1.12.